The summed E-state index contributed by atoms with van der Waals surface area (Å²) in [6.45, 7) is 1.53. The molecule has 0 aromatic carbocycles. The molecule has 0 aliphatic carbocycles. The van der Waals surface area contributed by atoms with Gasteiger partial charge in [0.05, 0.1) is 12.3 Å². The molecule has 0 saturated carbocycles. The molecule has 0 fully saturated rings. The van der Waals surface area contributed by atoms with E-state index in [0.29, 0.717) is 5.56 Å². The van der Waals surface area contributed by atoms with Gasteiger partial charge in [-0.1, -0.05) is 23.2 Å². The molecule has 1 heterocycles. The van der Waals surface area contributed by atoms with Crippen LogP contribution in [0.2, 0.25) is 10.3 Å². The molecule has 3 nitrogen and oxygen atoms in total. The largest absolute Gasteiger partial charge is 0.481 e. The number of nitrogens with zero attached hydrogens (tertiary/aromatic N) is 1. The zero-order valence-electron chi connectivity index (χ0n) is 8.75. The number of hydrogen-bond acceptors (Lipinski definition) is 2. The number of rotatable bonds is 4. The van der Waals surface area contributed by atoms with E-state index in [2.05, 4.69) is 4.98 Å². The Labute approximate surface area is 106 Å². The fraction of sp³-hybridized carbons (Fsp3) is 0.400. The number of halogens is 4. The first-order valence-electron chi connectivity index (χ1n) is 4.65. The molecule has 0 radical (unpaired) electrons. The van der Waals surface area contributed by atoms with Crippen LogP contribution < -0.4 is 0 Å². The van der Waals surface area contributed by atoms with Gasteiger partial charge in [-0.15, -0.1) is 0 Å². The molecule has 0 spiro atoms. The Kier molecular flexibility index (Phi) is 4.65. The van der Waals surface area contributed by atoms with E-state index in [9.17, 15) is 13.6 Å². The lowest BCUT2D eigenvalue weighted by Crippen LogP contribution is -2.16. The molecular weight excluding hydrogens is 275 g/mol. The predicted octanol–water partition coefficient (Wildman–Crippen LogP) is 3.52. The highest BCUT2D eigenvalue weighted by Crippen LogP contribution is 2.34. The Morgan fingerprint density at radius 2 is 2.12 bits per heavy atom. The van der Waals surface area contributed by atoms with Crippen molar-refractivity contribution in [3.63, 3.8) is 0 Å². The zero-order chi connectivity index (χ0) is 13.2. The summed E-state index contributed by atoms with van der Waals surface area (Å²) in [7, 11) is 0. The summed E-state index contributed by atoms with van der Waals surface area (Å²) < 4.78 is 25.6. The van der Waals surface area contributed by atoms with Gasteiger partial charge in [0, 0.05) is 5.56 Å². The van der Waals surface area contributed by atoms with Crippen LogP contribution in [-0.4, -0.2) is 22.5 Å². The molecule has 1 unspecified atom stereocenters. The average molecular weight is 284 g/mol. The summed E-state index contributed by atoms with van der Waals surface area (Å²) in [5.41, 5.74) is 0.440. The van der Waals surface area contributed by atoms with Crippen LogP contribution in [0, 0.1) is 6.92 Å². The molecule has 7 heteroatoms. The van der Waals surface area contributed by atoms with Crippen LogP contribution in [0.4, 0.5) is 8.78 Å². The smallest absolute Gasteiger partial charge is 0.304 e. The third-order valence-electron chi connectivity index (χ3n) is 2.26. The van der Waals surface area contributed by atoms with Gasteiger partial charge in [0.15, 0.2) is 0 Å². The first-order chi connectivity index (χ1) is 7.82. The highest BCUT2D eigenvalue weighted by atomic mass is 35.5. The highest BCUT2D eigenvalue weighted by molar-refractivity contribution is 6.33. The SMILES string of the molecule is Cc1cc(Cl)nc(Cl)c1C(CC(=O)O)C(F)F. The van der Waals surface area contributed by atoms with Gasteiger partial charge in [-0.05, 0) is 18.6 Å². The number of carbonyl (C=O) groups is 1. The molecule has 0 aliphatic rings. The minimum Gasteiger partial charge on any atom is -0.481 e. The number of carboxylic acids is 1. The second-order valence-corrected chi connectivity index (χ2v) is 4.25. The van der Waals surface area contributed by atoms with E-state index >= 15 is 0 Å². The number of carboxylic acid groups (broad SMARTS) is 1. The van der Waals surface area contributed by atoms with Gasteiger partial charge in [-0.2, -0.15) is 0 Å². The van der Waals surface area contributed by atoms with Gasteiger partial charge in [0.1, 0.15) is 10.3 Å². The van der Waals surface area contributed by atoms with Crippen LogP contribution in [0.3, 0.4) is 0 Å². The van der Waals surface area contributed by atoms with Crippen LogP contribution in [0.25, 0.3) is 0 Å². The van der Waals surface area contributed by atoms with Crippen LogP contribution in [0.5, 0.6) is 0 Å². The van der Waals surface area contributed by atoms with E-state index in [1.807, 2.05) is 0 Å². The summed E-state index contributed by atoms with van der Waals surface area (Å²) in [6, 6.07) is 1.37. The van der Waals surface area contributed by atoms with Crippen molar-refractivity contribution in [1.82, 2.24) is 4.98 Å². The van der Waals surface area contributed by atoms with E-state index in [1.54, 1.807) is 0 Å². The topological polar surface area (TPSA) is 50.2 Å². The Morgan fingerprint density at radius 3 is 2.53 bits per heavy atom. The van der Waals surface area contributed by atoms with Crippen molar-refractivity contribution in [1.29, 1.82) is 0 Å². The van der Waals surface area contributed by atoms with Gasteiger partial charge in [0.25, 0.3) is 0 Å². The molecule has 1 N–H and O–H groups in total. The minimum atomic E-state index is -2.83. The maximum absolute atomic E-state index is 12.8. The van der Waals surface area contributed by atoms with Crippen molar-refractivity contribution in [2.45, 2.75) is 25.7 Å². The second-order valence-electron chi connectivity index (χ2n) is 3.51. The van der Waals surface area contributed by atoms with Gasteiger partial charge in [0.2, 0.25) is 6.43 Å². The Balaban J connectivity index is 3.23. The normalized spacial score (nSPS) is 12.8. The van der Waals surface area contributed by atoms with E-state index in [4.69, 9.17) is 28.3 Å². The lowest BCUT2D eigenvalue weighted by molar-refractivity contribution is -0.138. The monoisotopic (exact) mass is 283 g/mol. The minimum absolute atomic E-state index is 0.0356. The standard InChI is InChI=1S/C10H9Cl2F2NO2/c1-4-2-6(11)15-9(12)8(4)5(10(13)14)3-7(16)17/h2,5,10H,3H2,1H3,(H,16,17). The lowest BCUT2D eigenvalue weighted by Gasteiger charge is -2.17. The molecule has 1 aromatic rings. The van der Waals surface area contributed by atoms with E-state index in [1.165, 1.54) is 13.0 Å². The number of hydrogen-bond donors (Lipinski definition) is 1. The molecule has 0 amide bonds. The molecular formula is C10H9Cl2F2NO2. The van der Waals surface area contributed by atoms with E-state index in [-0.39, 0.29) is 15.9 Å². The van der Waals surface area contributed by atoms with Crippen molar-refractivity contribution in [2.24, 2.45) is 0 Å². The van der Waals surface area contributed by atoms with Crippen molar-refractivity contribution in [2.75, 3.05) is 0 Å². The molecule has 0 saturated heterocycles. The number of aliphatic carboxylic acids is 1. The first kappa shape index (κ1) is 14.1. The number of pyridine rings is 1. The number of alkyl halides is 2. The predicted molar refractivity (Wildman–Crippen MR) is 60.0 cm³/mol. The van der Waals surface area contributed by atoms with Gasteiger partial charge >= 0.3 is 5.97 Å². The van der Waals surface area contributed by atoms with Gasteiger partial charge in [-0.25, -0.2) is 13.8 Å². The summed E-state index contributed by atoms with van der Waals surface area (Å²) in [6.07, 6.45) is -3.54. The Hall–Kier alpha value is -0.940. The van der Waals surface area contributed by atoms with Crippen molar-refractivity contribution in [3.8, 4) is 0 Å². The van der Waals surface area contributed by atoms with Crippen LogP contribution in [-0.2, 0) is 4.79 Å². The van der Waals surface area contributed by atoms with Crippen molar-refractivity contribution < 1.29 is 18.7 Å². The molecule has 17 heavy (non-hydrogen) atoms. The first-order valence-corrected chi connectivity index (χ1v) is 5.41. The zero-order valence-corrected chi connectivity index (χ0v) is 10.3. The summed E-state index contributed by atoms with van der Waals surface area (Å²) in [5.74, 6) is -2.80. The van der Waals surface area contributed by atoms with Crippen LogP contribution in [0.1, 0.15) is 23.5 Å². The second kappa shape index (κ2) is 5.60. The summed E-state index contributed by atoms with van der Waals surface area (Å²) in [5, 5.41) is 8.51. The molecule has 0 aliphatic heterocycles. The maximum atomic E-state index is 12.8. The molecule has 94 valence electrons. The highest BCUT2D eigenvalue weighted by Gasteiger charge is 2.29. The summed E-state index contributed by atoms with van der Waals surface area (Å²) in [4.78, 5) is 14.2. The van der Waals surface area contributed by atoms with E-state index < -0.39 is 24.7 Å². The van der Waals surface area contributed by atoms with Gasteiger partial charge < -0.3 is 5.11 Å². The number of aromatic nitrogens is 1. The molecule has 1 aromatic heterocycles. The van der Waals surface area contributed by atoms with Crippen LogP contribution in [0.15, 0.2) is 6.07 Å². The van der Waals surface area contributed by atoms with Crippen molar-refractivity contribution >= 4 is 29.2 Å². The summed E-state index contributed by atoms with van der Waals surface area (Å²) >= 11 is 11.3. The molecule has 1 atom stereocenters. The third kappa shape index (κ3) is 3.51. The lowest BCUT2D eigenvalue weighted by atomic mass is 9.94. The molecule has 1 rings (SSSR count). The third-order valence-corrected chi connectivity index (χ3v) is 2.74. The fourth-order valence-electron chi connectivity index (χ4n) is 1.56. The fourth-order valence-corrected chi connectivity index (χ4v) is 2.23. The molecule has 0 bridgehead atoms. The van der Waals surface area contributed by atoms with Crippen molar-refractivity contribution in [3.05, 3.63) is 27.5 Å². The Bertz CT molecular complexity index is 417. The quantitative estimate of drug-likeness (QED) is 0.860. The number of aryl methyl sites for hydroxylation is 1. The van der Waals surface area contributed by atoms with Crippen LogP contribution >= 0.6 is 23.2 Å². The maximum Gasteiger partial charge on any atom is 0.304 e. The average Bonchev–Trinajstić information content (AvgIpc) is 2.13. The Morgan fingerprint density at radius 1 is 1.53 bits per heavy atom. The van der Waals surface area contributed by atoms with E-state index in [0.717, 1.165) is 0 Å². The van der Waals surface area contributed by atoms with Gasteiger partial charge in [-0.3, -0.25) is 4.79 Å².